The summed E-state index contributed by atoms with van der Waals surface area (Å²) >= 11 is 1.24. The number of amides is 3. The standard InChI is InChI=1S/C22H27N5O3S/c1-5-27-19(15-8-10-16(11-9-15)22(2,3)4)25-26-21(27)31-14-18(28)24-20(29)23-13-17-7-6-12-30-17/h6-12H,5,13-14H2,1-4H3,(H2,23,24,28,29). The smallest absolute Gasteiger partial charge is 0.321 e. The molecule has 0 saturated carbocycles. The van der Waals surface area contributed by atoms with E-state index in [1.807, 2.05) is 23.6 Å². The average molecular weight is 442 g/mol. The fourth-order valence-electron chi connectivity index (χ4n) is 2.93. The third kappa shape index (κ3) is 5.97. The summed E-state index contributed by atoms with van der Waals surface area (Å²) < 4.78 is 7.09. The van der Waals surface area contributed by atoms with Crippen LogP contribution in [0.15, 0.2) is 52.2 Å². The normalized spacial score (nSPS) is 11.4. The minimum absolute atomic E-state index is 0.0509. The van der Waals surface area contributed by atoms with E-state index in [9.17, 15) is 9.59 Å². The lowest BCUT2D eigenvalue weighted by atomic mass is 9.87. The van der Waals surface area contributed by atoms with E-state index in [0.717, 1.165) is 11.4 Å². The van der Waals surface area contributed by atoms with Crippen molar-refractivity contribution >= 4 is 23.7 Å². The van der Waals surface area contributed by atoms with Crippen LogP contribution in [0.4, 0.5) is 4.79 Å². The van der Waals surface area contributed by atoms with E-state index in [1.54, 1.807) is 12.1 Å². The highest BCUT2D eigenvalue weighted by Gasteiger charge is 2.17. The molecule has 8 nitrogen and oxygen atoms in total. The SMILES string of the molecule is CCn1c(SCC(=O)NC(=O)NCc2ccco2)nnc1-c1ccc(C(C)(C)C)cc1. The minimum Gasteiger partial charge on any atom is -0.467 e. The van der Waals surface area contributed by atoms with Gasteiger partial charge >= 0.3 is 6.03 Å². The zero-order valence-corrected chi connectivity index (χ0v) is 19.0. The van der Waals surface area contributed by atoms with Gasteiger partial charge in [0.05, 0.1) is 18.6 Å². The van der Waals surface area contributed by atoms with Crippen molar-refractivity contribution in [2.24, 2.45) is 0 Å². The van der Waals surface area contributed by atoms with Gasteiger partial charge in [-0.1, -0.05) is 56.8 Å². The Morgan fingerprint density at radius 1 is 1.13 bits per heavy atom. The van der Waals surface area contributed by atoms with Crippen molar-refractivity contribution in [3.05, 3.63) is 54.0 Å². The summed E-state index contributed by atoms with van der Waals surface area (Å²) in [6.07, 6.45) is 1.52. The van der Waals surface area contributed by atoms with Gasteiger partial charge in [0.25, 0.3) is 0 Å². The molecule has 31 heavy (non-hydrogen) atoms. The van der Waals surface area contributed by atoms with Gasteiger partial charge in [-0.15, -0.1) is 10.2 Å². The number of imide groups is 1. The summed E-state index contributed by atoms with van der Waals surface area (Å²) in [4.78, 5) is 24.0. The molecule has 0 aliphatic heterocycles. The van der Waals surface area contributed by atoms with E-state index in [0.29, 0.717) is 17.5 Å². The van der Waals surface area contributed by atoms with Gasteiger partial charge in [0, 0.05) is 12.1 Å². The van der Waals surface area contributed by atoms with Crippen molar-refractivity contribution in [2.45, 2.75) is 51.4 Å². The van der Waals surface area contributed by atoms with Crippen molar-refractivity contribution < 1.29 is 14.0 Å². The van der Waals surface area contributed by atoms with Gasteiger partial charge in [-0.2, -0.15) is 0 Å². The molecule has 0 atom stereocenters. The summed E-state index contributed by atoms with van der Waals surface area (Å²) in [5.74, 6) is 0.997. The Morgan fingerprint density at radius 3 is 2.48 bits per heavy atom. The Hall–Kier alpha value is -3.07. The van der Waals surface area contributed by atoms with Crippen LogP contribution < -0.4 is 10.6 Å². The highest BCUT2D eigenvalue weighted by atomic mass is 32.2. The number of nitrogens with one attached hydrogen (secondary N) is 2. The van der Waals surface area contributed by atoms with Crippen LogP contribution in [0.2, 0.25) is 0 Å². The molecule has 1 aromatic carbocycles. The summed E-state index contributed by atoms with van der Waals surface area (Å²) in [5, 5.41) is 14.1. The van der Waals surface area contributed by atoms with Gasteiger partial charge in [0.2, 0.25) is 5.91 Å². The average Bonchev–Trinajstić information content (AvgIpc) is 3.39. The molecule has 0 unspecified atom stereocenters. The Kier molecular flexibility index (Phi) is 7.17. The van der Waals surface area contributed by atoms with Crippen LogP contribution in [-0.4, -0.2) is 32.5 Å². The molecule has 2 N–H and O–H groups in total. The summed E-state index contributed by atoms with van der Waals surface area (Å²) in [7, 11) is 0. The summed E-state index contributed by atoms with van der Waals surface area (Å²) in [6, 6.07) is 11.2. The van der Waals surface area contributed by atoms with E-state index in [4.69, 9.17) is 4.42 Å². The predicted molar refractivity (Wildman–Crippen MR) is 120 cm³/mol. The van der Waals surface area contributed by atoms with Crippen molar-refractivity contribution in [1.29, 1.82) is 0 Å². The monoisotopic (exact) mass is 441 g/mol. The van der Waals surface area contributed by atoms with Gasteiger partial charge in [-0.3, -0.25) is 10.1 Å². The number of hydrogen-bond donors (Lipinski definition) is 2. The molecule has 164 valence electrons. The zero-order chi connectivity index (χ0) is 22.4. The number of nitrogens with zero attached hydrogens (tertiary/aromatic N) is 3. The molecule has 0 aliphatic rings. The van der Waals surface area contributed by atoms with Gasteiger partial charge < -0.3 is 14.3 Å². The molecule has 0 radical (unpaired) electrons. The first-order valence-electron chi connectivity index (χ1n) is 10.0. The zero-order valence-electron chi connectivity index (χ0n) is 18.1. The van der Waals surface area contributed by atoms with Gasteiger partial charge in [-0.05, 0) is 30.0 Å². The van der Waals surface area contributed by atoms with Gasteiger partial charge in [-0.25, -0.2) is 4.79 Å². The summed E-state index contributed by atoms with van der Waals surface area (Å²) in [6.45, 7) is 9.40. The van der Waals surface area contributed by atoms with Crippen LogP contribution >= 0.6 is 11.8 Å². The molecule has 0 aliphatic carbocycles. The van der Waals surface area contributed by atoms with Crippen LogP contribution in [0.1, 0.15) is 39.0 Å². The topological polar surface area (TPSA) is 102 Å². The third-order valence-electron chi connectivity index (χ3n) is 4.63. The van der Waals surface area contributed by atoms with Crippen LogP contribution in [0.25, 0.3) is 11.4 Å². The number of thioether (sulfide) groups is 1. The lowest BCUT2D eigenvalue weighted by molar-refractivity contribution is -0.117. The van der Waals surface area contributed by atoms with Crippen molar-refractivity contribution in [1.82, 2.24) is 25.4 Å². The molecule has 3 rings (SSSR count). The molecular weight excluding hydrogens is 414 g/mol. The van der Waals surface area contributed by atoms with E-state index < -0.39 is 11.9 Å². The molecule has 0 spiro atoms. The molecule has 0 bridgehead atoms. The van der Waals surface area contributed by atoms with Crippen molar-refractivity contribution in [2.75, 3.05) is 5.75 Å². The van der Waals surface area contributed by atoms with Crippen molar-refractivity contribution in [3.8, 4) is 11.4 Å². The second-order valence-corrected chi connectivity index (χ2v) is 8.92. The van der Waals surface area contributed by atoms with Crippen LogP contribution in [0.3, 0.4) is 0 Å². The number of urea groups is 1. The van der Waals surface area contributed by atoms with Crippen LogP contribution in [0, 0.1) is 0 Å². The van der Waals surface area contributed by atoms with E-state index in [2.05, 4.69) is 53.7 Å². The Morgan fingerprint density at radius 2 is 1.87 bits per heavy atom. The highest BCUT2D eigenvalue weighted by Crippen LogP contribution is 2.27. The predicted octanol–water partition coefficient (Wildman–Crippen LogP) is 3.97. The first-order chi connectivity index (χ1) is 14.8. The molecular formula is C22H27N5O3S. The Balaban J connectivity index is 1.58. The largest absolute Gasteiger partial charge is 0.467 e. The number of rotatable bonds is 7. The van der Waals surface area contributed by atoms with Gasteiger partial charge in [0.15, 0.2) is 11.0 Å². The Labute approximate surface area is 185 Å². The van der Waals surface area contributed by atoms with Crippen LogP contribution in [0.5, 0.6) is 0 Å². The summed E-state index contributed by atoms with van der Waals surface area (Å²) in [5.41, 5.74) is 2.29. The second-order valence-electron chi connectivity index (χ2n) is 7.98. The maximum absolute atomic E-state index is 12.1. The number of carbonyl (C=O) groups is 2. The third-order valence-corrected chi connectivity index (χ3v) is 5.60. The van der Waals surface area contributed by atoms with E-state index in [-0.39, 0.29) is 17.7 Å². The first kappa shape index (κ1) is 22.6. The lowest BCUT2D eigenvalue weighted by Gasteiger charge is -2.19. The van der Waals surface area contributed by atoms with Gasteiger partial charge in [0.1, 0.15) is 5.76 Å². The molecule has 2 heterocycles. The van der Waals surface area contributed by atoms with Crippen molar-refractivity contribution in [3.63, 3.8) is 0 Å². The van der Waals surface area contributed by atoms with E-state index in [1.165, 1.54) is 23.6 Å². The first-order valence-corrected chi connectivity index (χ1v) is 11.0. The number of carbonyl (C=O) groups excluding carboxylic acids is 2. The fourth-order valence-corrected chi connectivity index (χ4v) is 3.73. The molecule has 0 saturated heterocycles. The van der Waals surface area contributed by atoms with Crippen LogP contribution in [-0.2, 0) is 23.3 Å². The number of aromatic nitrogens is 3. The molecule has 3 aromatic rings. The lowest BCUT2D eigenvalue weighted by Crippen LogP contribution is -2.39. The Bertz CT molecular complexity index is 1020. The highest BCUT2D eigenvalue weighted by molar-refractivity contribution is 7.99. The molecule has 0 fully saturated rings. The maximum Gasteiger partial charge on any atom is 0.321 e. The molecule has 9 heteroatoms. The maximum atomic E-state index is 12.1. The van der Waals surface area contributed by atoms with E-state index >= 15 is 0 Å². The number of furan rings is 1. The molecule has 2 aromatic heterocycles. The second kappa shape index (κ2) is 9.82. The number of benzene rings is 1. The molecule has 3 amide bonds. The fraction of sp³-hybridized carbons (Fsp3) is 0.364. The minimum atomic E-state index is -0.571. The quantitative estimate of drug-likeness (QED) is 0.538. The number of hydrogen-bond acceptors (Lipinski definition) is 6.